The molecule has 23 atom stereocenters. The number of hydrogen-bond acceptors (Lipinski definition) is 26. The second-order valence-electron chi connectivity index (χ2n) is 22.6. The van der Waals surface area contributed by atoms with Crippen molar-refractivity contribution in [2.24, 2.45) is 11.8 Å². The normalized spacial score (nSPS) is 36.9. The number of aliphatic hydroxyl groups excluding tert-OH is 12. The molecular weight excluding hydrogens is 1200 g/mol. The molecule has 3 heterocycles. The van der Waals surface area contributed by atoms with Crippen molar-refractivity contribution in [2.75, 3.05) is 26.4 Å². The highest BCUT2D eigenvalue weighted by atomic mass is 16.8. The number of alkyl carbamates (subject to hydrolysis) is 1. The van der Waals surface area contributed by atoms with Gasteiger partial charge >= 0.3 is 24.2 Å². The number of fused-ring (bicyclic) bond motifs is 2. The number of carbonyl (C=O) groups is 4. The van der Waals surface area contributed by atoms with E-state index in [-0.39, 0.29) is 38.4 Å². The van der Waals surface area contributed by atoms with Crippen LogP contribution in [0.2, 0.25) is 0 Å². The maximum atomic E-state index is 14.0. The van der Waals surface area contributed by atoms with Gasteiger partial charge in [-0.25, -0.2) is 24.7 Å². The van der Waals surface area contributed by atoms with E-state index in [0.717, 1.165) is 0 Å². The molecule has 29 nitrogen and oxygen atoms in total. The topological polar surface area (TPSA) is 450 Å². The molecule has 0 aromatic rings. The van der Waals surface area contributed by atoms with Gasteiger partial charge in [-0.15, -0.1) is 0 Å². The minimum atomic E-state index is -2.60. The number of allylic oxidation sites excluding steroid dienone is 12. The lowest BCUT2D eigenvalue weighted by Gasteiger charge is -2.47. The quantitative estimate of drug-likeness (QED) is 0.0307. The summed E-state index contributed by atoms with van der Waals surface area (Å²) in [6, 6.07) is -4.41. The second kappa shape index (κ2) is 41.7. The standard InChI is InChI=1S/C62H97N3O26/c1-8-26-83-60(80)64-53-55(77)40(7)86-58(56(53)78)87-44-23-21-19-17-15-13-11-10-12-14-16-18-20-22-36(3)54(76)37(4)39(6)85-51(75)30-42(70)28-41(69)24-25-45(72)46(73)29-43(71)32-62(82)33-49(89-61(81)84-27-9-2)52(48(31-44)90-62)63-59(79)65-91-57(47(74)34-66)88-50(35-67)38(5)68/h8-23,36-50,52-58,66-74,76-78,82H,1-2,24-35H2,3-7H3,(H,64,80)(H2,63,65,79)/b11-10+,14-12+,15-13+,18-16+,19-17+,22-20+,23-21+/t36-,37-,38-,39-,40+,41+,42+,43-,44-,45+,46+,47-,48-,49-,50?,52-,53-,54+,55+,56-,57-,58-,62+/m0/s1. The van der Waals surface area contributed by atoms with Crippen LogP contribution >= 0.6 is 0 Å². The number of urea groups is 1. The van der Waals surface area contributed by atoms with Crippen molar-refractivity contribution in [3.63, 3.8) is 0 Å². The third-order valence-corrected chi connectivity index (χ3v) is 14.9. The van der Waals surface area contributed by atoms with Gasteiger partial charge < -0.3 is 115 Å². The van der Waals surface area contributed by atoms with Gasteiger partial charge in [0.2, 0.25) is 6.29 Å². The van der Waals surface area contributed by atoms with Crippen LogP contribution in [0, 0.1) is 11.8 Å². The first kappa shape index (κ1) is 79.5. The fourth-order valence-corrected chi connectivity index (χ4v) is 9.72. The lowest BCUT2D eigenvalue weighted by atomic mass is 9.86. The molecule has 3 rings (SSSR count). The molecule has 29 heteroatoms. The van der Waals surface area contributed by atoms with Gasteiger partial charge in [0.15, 0.2) is 12.1 Å². The summed E-state index contributed by atoms with van der Waals surface area (Å²) in [5.41, 5.74) is 1.96. The molecule has 516 valence electrons. The van der Waals surface area contributed by atoms with Crippen LogP contribution < -0.4 is 16.1 Å². The van der Waals surface area contributed by atoms with E-state index in [2.05, 4.69) is 23.8 Å². The van der Waals surface area contributed by atoms with Gasteiger partial charge in [0.25, 0.3) is 0 Å². The van der Waals surface area contributed by atoms with Crippen molar-refractivity contribution in [1.29, 1.82) is 0 Å². The van der Waals surface area contributed by atoms with Gasteiger partial charge in [-0.05, 0) is 40.0 Å². The minimum absolute atomic E-state index is 0.205. The van der Waals surface area contributed by atoms with Crippen molar-refractivity contribution in [3.8, 4) is 0 Å². The molecule has 91 heavy (non-hydrogen) atoms. The van der Waals surface area contributed by atoms with Crippen LogP contribution in [0.3, 0.4) is 0 Å². The summed E-state index contributed by atoms with van der Waals surface area (Å²) in [5, 5.41) is 146. The Balaban J connectivity index is 2.19. The third-order valence-electron chi connectivity index (χ3n) is 14.9. The predicted molar refractivity (Wildman–Crippen MR) is 324 cm³/mol. The van der Waals surface area contributed by atoms with Crippen LogP contribution in [0.4, 0.5) is 14.4 Å². The highest BCUT2D eigenvalue weighted by Crippen LogP contribution is 2.37. The highest BCUT2D eigenvalue weighted by Gasteiger charge is 2.52. The zero-order valence-corrected chi connectivity index (χ0v) is 52.0. The predicted octanol–water partition coefficient (Wildman–Crippen LogP) is 0.348. The van der Waals surface area contributed by atoms with Gasteiger partial charge in [0, 0.05) is 37.5 Å². The van der Waals surface area contributed by atoms with Crippen molar-refractivity contribution in [1.82, 2.24) is 16.1 Å². The van der Waals surface area contributed by atoms with Crippen LogP contribution in [0.5, 0.6) is 0 Å². The molecule has 3 aliphatic rings. The van der Waals surface area contributed by atoms with Gasteiger partial charge in [-0.2, -0.15) is 0 Å². The lowest BCUT2D eigenvalue weighted by molar-refractivity contribution is -0.304. The van der Waals surface area contributed by atoms with Crippen LogP contribution in [0.1, 0.15) is 86.0 Å². The molecule has 2 saturated heterocycles. The van der Waals surface area contributed by atoms with Gasteiger partial charge in [-0.3, -0.25) is 4.79 Å². The fourth-order valence-electron chi connectivity index (χ4n) is 9.72. The Morgan fingerprint density at radius 3 is 1.90 bits per heavy atom. The molecule has 1 unspecified atom stereocenters. The molecular formula is C62H97N3O26. The maximum Gasteiger partial charge on any atom is 0.508 e. The molecule has 2 bridgehead atoms. The molecule has 0 aliphatic carbocycles. The van der Waals surface area contributed by atoms with E-state index < -0.39 is 204 Å². The van der Waals surface area contributed by atoms with Crippen molar-refractivity contribution in [3.05, 3.63) is 110 Å². The van der Waals surface area contributed by atoms with E-state index in [4.69, 9.17) is 42.7 Å². The number of hydroxylamine groups is 1. The number of cyclic esters (lactones) is 1. The van der Waals surface area contributed by atoms with Crippen LogP contribution in [0.25, 0.3) is 0 Å². The average molecular weight is 1300 g/mol. The first-order chi connectivity index (χ1) is 43.1. The Morgan fingerprint density at radius 1 is 0.703 bits per heavy atom. The number of ether oxygens (including phenoxy) is 8. The summed E-state index contributed by atoms with van der Waals surface area (Å²) in [4.78, 5) is 58.2. The first-order valence-corrected chi connectivity index (χ1v) is 30.1. The van der Waals surface area contributed by atoms with Crippen LogP contribution in [-0.2, 0) is 47.5 Å². The zero-order valence-electron chi connectivity index (χ0n) is 52.0. The second-order valence-corrected chi connectivity index (χ2v) is 22.6. The molecule has 0 saturated carbocycles. The van der Waals surface area contributed by atoms with Crippen molar-refractivity contribution >= 4 is 24.2 Å². The summed E-state index contributed by atoms with van der Waals surface area (Å²) >= 11 is 0. The van der Waals surface area contributed by atoms with Gasteiger partial charge in [0.05, 0.1) is 92.8 Å². The van der Waals surface area contributed by atoms with Crippen molar-refractivity contribution < 1.29 is 128 Å². The summed E-state index contributed by atoms with van der Waals surface area (Å²) in [7, 11) is 0. The zero-order chi connectivity index (χ0) is 67.8. The highest BCUT2D eigenvalue weighted by molar-refractivity contribution is 5.73. The van der Waals surface area contributed by atoms with E-state index in [0.29, 0.717) is 0 Å². The molecule has 0 radical (unpaired) electrons. The molecule has 2 fully saturated rings. The Hall–Kier alpha value is -5.78. The van der Waals surface area contributed by atoms with Gasteiger partial charge in [0.1, 0.15) is 49.8 Å². The molecule has 0 aromatic heterocycles. The molecule has 16 N–H and O–H groups in total. The van der Waals surface area contributed by atoms with Crippen molar-refractivity contribution in [2.45, 2.75) is 214 Å². The minimum Gasteiger partial charge on any atom is -0.462 e. The Morgan fingerprint density at radius 2 is 1.31 bits per heavy atom. The third kappa shape index (κ3) is 29.0. The number of aliphatic hydroxyl groups is 13. The SMILES string of the molecule is C=CCOC(=O)N[C@@H]1[C@H](O)[C@H](O[C@H]2/C=C/C=C/C=C/C=C/C=C/C=C/C=C/[C@H](C)[C@@H](O)[C@@H](C)[C@H](C)OC(=O)C[C@H](O)C[C@H](O)CC[C@@H](O)[C@H](O)C[C@H](O)C[C@]3(O)C[C@H](OC(=O)OCC=C)[C@@H](NC(=O)NO[C@H](OC(CO)[C@H](C)O)[C@@H](O)CO)[C@H](C2)O3)O[C@H](C)[C@H]1O. The van der Waals surface area contributed by atoms with E-state index in [1.807, 2.05) is 5.48 Å². The number of carbonyl (C=O) groups excluding carboxylic acids is 4. The largest absolute Gasteiger partial charge is 0.508 e. The molecule has 3 amide bonds. The monoisotopic (exact) mass is 1300 g/mol. The van der Waals surface area contributed by atoms with Crippen LogP contribution in [0.15, 0.2) is 110 Å². The van der Waals surface area contributed by atoms with E-state index in [1.165, 1.54) is 38.2 Å². The first-order valence-electron chi connectivity index (χ1n) is 30.1. The van der Waals surface area contributed by atoms with Gasteiger partial charge in [-0.1, -0.05) is 124 Å². The number of hydrogen-bond donors (Lipinski definition) is 16. The number of nitrogens with one attached hydrogen (secondary N) is 3. The Kier molecular flexibility index (Phi) is 36.4. The van der Waals surface area contributed by atoms with E-state index >= 15 is 0 Å². The summed E-state index contributed by atoms with van der Waals surface area (Å²) < 4.78 is 45.4. The Bertz CT molecular complexity index is 2410. The average Bonchev–Trinajstić information content (AvgIpc) is 0.825. The number of amides is 3. The summed E-state index contributed by atoms with van der Waals surface area (Å²) in [6.45, 7) is 12.4. The smallest absolute Gasteiger partial charge is 0.462 e. The molecule has 0 spiro atoms. The van der Waals surface area contributed by atoms with E-state index in [9.17, 15) is 85.6 Å². The summed E-state index contributed by atoms with van der Waals surface area (Å²) in [6.07, 6.45) is -7.43. The summed E-state index contributed by atoms with van der Waals surface area (Å²) in [5.74, 6) is -4.23. The fraction of sp³-hybridized carbons (Fsp3) is 0.645. The number of esters is 1. The lowest BCUT2D eigenvalue weighted by Crippen LogP contribution is -2.65. The number of rotatable bonds is 17. The Labute approximate surface area is 529 Å². The molecule has 3 aliphatic heterocycles. The van der Waals surface area contributed by atoms with E-state index in [1.54, 1.807) is 93.7 Å². The molecule has 0 aromatic carbocycles. The maximum absolute atomic E-state index is 14.0. The van der Waals surface area contributed by atoms with Crippen LogP contribution in [-0.4, -0.2) is 245 Å².